The molecule has 5 heteroatoms. The second kappa shape index (κ2) is 5.32. The number of nitrogens with one attached hydrogen (secondary N) is 1. The average Bonchev–Trinajstić information content (AvgIpc) is 3.10. The molecule has 0 saturated heterocycles. The molecule has 2 aromatic rings. The summed E-state index contributed by atoms with van der Waals surface area (Å²) < 4.78 is 13.5. The average molecular weight is 290 g/mol. The third-order valence-electron chi connectivity index (χ3n) is 3.92. The molecule has 3 rings (SSSR count). The van der Waals surface area contributed by atoms with Gasteiger partial charge in [0.05, 0.1) is 5.41 Å². The van der Waals surface area contributed by atoms with Crippen molar-refractivity contribution in [3.8, 4) is 0 Å². The highest BCUT2D eigenvalue weighted by Gasteiger charge is 2.43. The Morgan fingerprint density at radius 1 is 1.35 bits per heavy atom. The maximum absolute atomic E-state index is 13.5. The number of aromatic nitrogens is 1. The molecule has 104 valence electrons. The fraction of sp³-hybridized carbons (Fsp3) is 0.333. The lowest BCUT2D eigenvalue weighted by Crippen LogP contribution is -2.38. The monoisotopic (exact) mass is 290 g/mol. The Morgan fingerprint density at radius 2 is 2.15 bits per heavy atom. The first-order valence-electron chi connectivity index (χ1n) is 6.68. The van der Waals surface area contributed by atoms with Gasteiger partial charge in [-0.2, -0.15) is 0 Å². The minimum atomic E-state index is -0.617. The van der Waals surface area contributed by atoms with E-state index in [9.17, 15) is 9.18 Å². The van der Waals surface area contributed by atoms with Gasteiger partial charge in [-0.25, -0.2) is 9.37 Å². The van der Waals surface area contributed by atoms with Crippen molar-refractivity contribution in [2.24, 2.45) is 0 Å². The fourth-order valence-corrected chi connectivity index (χ4v) is 3.44. The number of thiazole rings is 1. The minimum absolute atomic E-state index is 0.0736. The number of carbonyl (C=O) groups is 1. The van der Waals surface area contributed by atoms with Crippen LogP contribution in [-0.4, -0.2) is 10.9 Å². The van der Waals surface area contributed by atoms with E-state index < -0.39 is 5.41 Å². The van der Waals surface area contributed by atoms with Crippen LogP contribution >= 0.6 is 11.3 Å². The zero-order valence-corrected chi connectivity index (χ0v) is 11.8. The van der Waals surface area contributed by atoms with E-state index in [0.29, 0.717) is 5.13 Å². The van der Waals surface area contributed by atoms with E-state index in [1.54, 1.807) is 12.3 Å². The number of hydrogen-bond donors (Lipinski definition) is 1. The zero-order valence-electron chi connectivity index (χ0n) is 10.9. The molecular formula is C15H15FN2OS. The van der Waals surface area contributed by atoms with Crippen LogP contribution in [0.15, 0.2) is 35.8 Å². The Kier molecular flexibility index (Phi) is 3.53. The Labute approximate surface area is 120 Å². The molecule has 0 unspecified atom stereocenters. The molecule has 0 atom stereocenters. The quantitative estimate of drug-likeness (QED) is 0.935. The number of anilines is 1. The number of carbonyl (C=O) groups excluding carboxylic acids is 1. The summed E-state index contributed by atoms with van der Waals surface area (Å²) in [6.45, 7) is 0. The van der Waals surface area contributed by atoms with Crippen molar-refractivity contribution in [3.05, 3.63) is 47.2 Å². The molecule has 0 spiro atoms. The van der Waals surface area contributed by atoms with Crippen LogP contribution < -0.4 is 5.32 Å². The molecule has 20 heavy (non-hydrogen) atoms. The van der Waals surface area contributed by atoms with Gasteiger partial charge in [-0.05, 0) is 30.5 Å². The highest BCUT2D eigenvalue weighted by molar-refractivity contribution is 7.13. The van der Waals surface area contributed by atoms with E-state index in [2.05, 4.69) is 10.3 Å². The lowest BCUT2D eigenvalue weighted by Gasteiger charge is -2.27. The van der Waals surface area contributed by atoms with Gasteiger partial charge >= 0.3 is 0 Å². The first-order chi connectivity index (χ1) is 9.71. The highest BCUT2D eigenvalue weighted by atomic mass is 32.1. The van der Waals surface area contributed by atoms with Crippen LogP contribution in [0.25, 0.3) is 0 Å². The van der Waals surface area contributed by atoms with E-state index in [0.717, 1.165) is 31.2 Å². The molecular weight excluding hydrogens is 275 g/mol. The standard InChI is InChI=1S/C15H15FN2OS/c16-12-5-3-4-11(10-12)15(6-1-2-7-15)13(19)18-14-17-8-9-20-14/h3-5,8-10H,1-2,6-7H2,(H,17,18,19). The van der Waals surface area contributed by atoms with Crippen molar-refractivity contribution >= 4 is 22.4 Å². The van der Waals surface area contributed by atoms with Gasteiger partial charge in [-0.15, -0.1) is 11.3 Å². The number of halogens is 1. The molecule has 1 saturated carbocycles. The third-order valence-corrected chi connectivity index (χ3v) is 4.61. The summed E-state index contributed by atoms with van der Waals surface area (Å²) in [4.78, 5) is 16.8. The Bertz CT molecular complexity index is 606. The summed E-state index contributed by atoms with van der Waals surface area (Å²) in [5.74, 6) is -0.369. The first-order valence-corrected chi connectivity index (χ1v) is 7.56. The van der Waals surface area contributed by atoms with E-state index >= 15 is 0 Å². The molecule has 1 aromatic heterocycles. The van der Waals surface area contributed by atoms with Gasteiger partial charge in [0.2, 0.25) is 5.91 Å². The van der Waals surface area contributed by atoms with Crippen LogP contribution in [0.1, 0.15) is 31.2 Å². The third kappa shape index (κ3) is 2.33. The SMILES string of the molecule is O=C(Nc1nccs1)C1(c2cccc(F)c2)CCCC1. The van der Waals surface area contributed by atoms with Crippen molar-refractivity contribution in [1.29, 1.82) is 0 Å². The molecule has 1 heterocycles. The van der Waals surface area contributed by atoms with E-state index in [1.165, 1.54) is 23.5 Å². The first kappa shape index (κ1) is 13.2. The van der Waals surface area contributed by atoms with E-state index in [4.69, 9.17) is 0 Å². The summed E-state index contributed by atoms with van der Waals surface area (Å²) in [5.41, 5.74) is 0.150. The summed E-state index contributed by atoms with van der Waals surface area (Å²) in [7, 11) is 0. The number of amides is 1. The summed E-state index contributed by atoms with van der Waals surface area (Å²) in [6.07, 6.45) is 5.15. The largest absolute Gasteiger partial charge is 0.301 e. The molecule has 0 aliphatic heterocycles. The molecule has 1 aromatic carbocycles. The summed E-state index contributed by atoms with van der Waals surface area (Å²) >= 11 is 1.39. The predicted octanol–water partition coefficient (Wildman–Crippen LogP) is 3.73. The van der Waals surface area contributed by atoms with Crippen LogP contribution in [0.3, 0.4) is 0 Å². The van der Waals surface area contributed by atoms with Crippen molar-refractivity contribution in [1.82, 2.24) is 4.98 Å². The molecule has 1 N–H and O–H groups in total. The van der Waals surface area contributed by atoms with Gasteiger partial charge in [0.15, 0.2) is 5.13 Å². The van der Waals surface area contributed by atoms with Crippen LogP contribution in [0.5, 0.6) is 0 Å². The van der Waals surface area contributed by atoms with Crippen molar-refractivity contribution in [3.63, 3.8) is 0 Å². The molecule has 1 aliphatic rings. The molecule has 0 radical (unpaired) electrons. The number of rotatable bonds is 3. The summed E-state index contributed by atoms with van der Waals surface area (Å²) in [6, 6.07) is 6.40. The van der Waals surface area contributed by atoms with Crippen LogP contribution in [0, 0.1) is 5.82 Å². The molecule has 1 aliphatic carbocycles. The fourth-order valence-electron chi connectivity index (χ4n) is 2.91. The molecule has 0 bridgehead atoms. The van der Waals surface area contributed by atoms with Gasteiger partial charge in [0.25, 0.3) is 0 Å². The zero-order chi connectivity index (χ0) is 14.0. The molecule has 1 fully saturated rings. The van der Waals surface area contributed by atoms with Gasteiger partial charge in [-0.1, -0.05) is 25.0 Å². The Balaban J connectivity index is 1.93. The van der Waals surface area contributed by atoms with Crippen molar-refractivity contribution in [2.45, 2.75) is 31.1 Å². The smallest absolute Gasteiger partial charge is 0.236 e. The van der Waals surface area contributed by atoms with Gasteiger partial charge in [0, 0.05) is 11.6 Å². The summed E-state index contributed by atoms with van der Waals surface area (Å²) in [5, 5.41) is 5.28. The highest BCUT2D eigenvalue weighted by Crippen LogP contribution is 2.42. The second-order valence-electron chi connectivity index (χ2n) is 5.09. The van der Waals surface area contributed by atoms with Crippen LogP contribution in [0.4, 0.5) is 9.52 Å². The second-order valence-corrected chi connectivity index (χ2v) is 5.99. The molecule has 3 nitrogen and oxygen atoms in total. The van der Waals surface area contributed by atoms with E-state index in [-0.39, 0.29) is 11.7 Å². The minimum Gasteiger partial charge on any atom is -0.301 e. The van der Waals surface area contributed by atoms with Gasteiger partial charge in [-0.3, -0.25) is 4.79 Å². The Hall–Kier alpha value is -1.75. The van der Waals surface area contributed by atoms with Gasteiger partial charge in [0.1, 0.15) is 5.82 Å². The maximum atomic E-state index is 13.5. The number of nitrogens with zero attached hydrogens (tertiary/aromatic N) is 1. The normalized spacial score (nSPS) is 17.1. The lowest BCUT2D eigenvalue weighted by atomic mass is 9.78. The van der Waals surface area contributed by atoms with Gasteiger partial charge < -0.3 is 5.32 Å². The lowest BCUT2D eigenvalue weighted by molar-refractivity contribution is -0.121. The molecule has 1 amide bonds. The van der Waals surface area contributed by atoms with E-state index in [1.807, 2.05) is 11.4 Å². The maximum Gasteiger partial charge on any atom is 0.236 e. The van der Waals surface area contributed by atoms with Crippen LogP contribution in [-0.2, 0) is 10.2 Å². The topological polar surface area (TPSA) is 42.0 Å². The predicted molar refractivity (Wildman–Crippen MR) is 77.3 cm³/mol. The van der Waals surface area contributed by atoms with Crippen molar-refractivity contribution < 1.29 is 9.18 Å². The van der Waals surface area contributed by atoms with Crippen LogP contribution in [0.2, 0.25) is 0 Å². The number of hydrogen-bond acceptors (Lipinski definition) is 3. The Morgan fingerprint density at radius 3 is 2.80 bits per heavy atom. The number of benzene rings is 1. The van der Waals surface area contributed by atoms with Crippen molar-refractivity contribution in [2.75, 3.05) is 5.32 Å².